The maximum Gasteiger partial charge on any atom is 0.317 e. The first-order chi connectivity index (χ1) is 16.7. The third-order valence-corrected chi connectivity index (χ3v) is 7.81. The summed E-state index contributed by atoms with van der Waals surface area (Å²) in [6, 6.07) is 2.29. The van der Waals surface area contributed by atoms with Crippen LogP contribution in [0.2, 0.25) is 0 Å². The van der Waals surface area contributed by atoms with E-state index in [0.29, 0.717) is 41.3 Å². The van der Waals surface area contributed by atoms with E-state index in [9.17, 15) is 4.79 Å². The van der Waals surface area contributed by atoms with Gasteiger partial charge in [0.1, 0.15) is 6.10 Å². The molecule has 176 valence electrons. The molecule has 3 aliphatic rings. The number of aromatic nitrogens is 5. The normalized spacial score (nSPS) is 19.9. The number of hydrogen-bond acceptors (Lipinski definition) is 10. The van der Waals surface area contributed by atoms with E-state index >= 15 is 0 Å². The molecular formula is C23H26N8O2S. The lowest BCUT2D eigenvalue weighted by Crippen LogP contribution is -2.48. The number of nitrogens with zero attached hydrogens (tertiary/aromatic N) is 6. The number of carbonyl (C=O) groups excluding carboxylic acids is 1. The molecule has 1 amide bonds. The topological polar surface area (TPSA) is 118 Å². The summed E-state index contributed by atoms with van der Waals surface area (Å²) in [4.78, 5) is 36.7. The van der Waals surface area contributed by atoms with E-state index in [1.807, 2.05) is 6.07 Å². The van der Waals surface area contributed by atoms with E-state index in [2.05, 4.69) is 35.6 Å². The predicted molar refractivity (Wildman–Crippen MR) is 128 cm³/mol. The maximum absolute atomic E-state index is 12.0. The summed E-state index contributed by atoms with van der Waals surface area (Å²) in [5.74, 6) is 0.438. The molecular weight excluding hydrogens is 452 g/mol. The zero-order valence-electron chi connectivity index (χ0n) is 18.7. The molecule has 0 bridgehead atoms. The van der Waals surface area contributed by atoms with E-state index in [-0.39, 0.29) is 12.0 Å². The molecule has 11 heteroatoms. The van der Waals surface area contributed by atoms with Gasteiger partial charge in [0.05, 0.1) is 35.2 Å². The van der Waals surface area contributed by atoms with Gasteiger partial charge in [0.15, 0.2) is 5.13 Å². The van der Waals surface area contributed by atoms with Gasteiger partial charge in [0.2, 0.25) is 11.9 Å². The number of rotatable bonds is 6. The van der Waals surface area contributed by atoms with E-state index in [0.717, 1.165) is 30.0 Å². The second kappa shape index (κ2) is 8.88. The number of piperazine rings is 1. The molecule has 2 saturated carbocycles. The van der Waals surface area contributed by atoms with Gasteiger partial charge < -0.3 is 20.3 Å². The number of carbonyl (C=O) groups is 1. The molecule has 6 rings (SSSR count). The minimum Gasteiger partial charge on any atom is -0.460 e. The van der Waals surface area contributed by atoms with Crippen LogP contribution >= 0.6 is 11.3 Å². The van der Waals surface area contributed by atoms with Crippen molar-refractivity contribution in [2.24, 2.45) is 5.41 Å². The van der Waals surface area contributed by atoms with Crippen molar-refractivity contribution in [2.45, 2.75) is 44.6 Å². The number of ether oxygens (including phenoxy) is 1. The molecule has 0 atom stereocenters. The highest BCUT2D eigenvalue weighted by molar-refractivity contribution is 7.18. The number of nitrogens with one attached hydrogen (secondary N) is 2. The summed E-state index contributed by atoms with van der Waals surface area (Å²) < 4.78 is 6.10. The number of thiazole rings is 1. The predicted octanol–water partition coefficient (Wildman–Crippen LogP) is 3.17. The van der Waals surface area contributed by atoms with Gasteiger partial charge in [-0.2, -0.15) is 4.98 Å². The van der Waals surface area contributed by atoms with Crippen LogP contribution in [-0.4, -0.2) is 56.6 Å². The van der Waals surface area contributed by atoms with Gasteiger partial charge in [0.25, 0.3) is 0 Å². The molecule has 34 heavy (non-hydrogen) atoms. The fourth-order valence-corrected chi connectivity index (χ4v) is 5.41. The molecule has 2 aliphatic carbocycles. The van der Waals surface area contributed by atoms with Crippen molar-refractivity contribution < 1.29 is 9.53 Å². The second-order valence-corrected chi connectivity index (χ2v) is 10.2. The van der Waals surface area contributed by atoms with Crippen LogP contribution < -0.4 is 20.3 Å². The van der Waals surface area contributed by atoms with Crippen LogP contribution in [0.1, 0.15) is 38.5 Å². The lowest BCUT2D eigenvalue weighted by atomic mass is 9.85. The van der Waals surface area contributed by atoms with Gasteiger partial charge in [-0.3, -0.25) is 4.79 Å². The zero-order chi connectivity index (χ0) is 23.0. The quantitative estimate of drug-likeness (QED) is 0.551. The zero-order valence-corrected chi connectivity index (χ0v) is 19.6. The summed E-state index contributed by atoms with van der Waals surface area (Å²) >= 11 is 1.46. The summed E-state index contributed by atoms with van der Waals surface area (Å²) in [6.45, 7) is 1.70. The number of hydrogen-bond donors (Lipinski definition) is 2. The maximum atomic E-state index is 12.0. The Kier molecular flexibility index (Phi) is 5.58. The van der Waals surface area contributed by atoms with Gasteiger partial charge in [-0.25, -0.2) is 19.9 Å². The molecule has 1 aliphatic heterocycles. The Balaban J connectivity index is 1.09. The van der Waals surface area contributed by atoms with Crippen LogP contribution in [0, 0.1) is 5.41 Å². The monoisotopic (exact) mass is 478 g/mol. The third kappa shape index (κ3) is 4.58. The van der Waals surface area contributed by atoms with Gasteiger partial charge in [-0.15, -0.1) is 0 Å². The lowest BCUT2D eigenvalue weighted by Gasteiger charge is -2.28. The van der Waals surface area contributed by atoms with Gasteiger partial charge in [-0.05, 0) is 50.0 Å². The molecule has 0 radical (unpaired) electrons. The largest absolute Gasteiger partial charge is 0.460 e. The summed E-state index contributed by atoms with van der Waals surface area (Å²) in [5, 5.41) is 6.84. The molecule has 0 unspecified atom stereocenters. The Hall–Kier alpha value is -3.18. The average Bonchev–Trinajstić information content (AvgIpc) is 3.46. The first kappa shape index (κ1) is 21.4. The molecule has 3 aromatic heterocycles. The van der Waals surface area contributed by atoms with Crippen LogP contribution in [0.15, 0.2) is 30.9 Å². The van der Waals surface area contributed by atoms with Crippen molar-refractivity contribution in [3.05, 3.63) is 30.9 Å². The standard InChI is InChI=1S/C23H26N8O2S/c32-19-14-24-9-10-31(19)15-11-26-20(27-12-15)30-22-28-13-18(34-22)17-3-8-25-21(29-17)33-16-1-4-23(5-2-16)6-7-23/h3,8,11-13,16,24H,1-2,4-7,9-10,14H2,(H,26,27,28,30). The second-order valence-electron chi connectivity index (χ2n) is 9.18. The van der Waals surface area contributed by atoms with Crippen molar-refractivity contribution >= 4 is 34.0 Å². The van der Waals surface area contributed by atoms with Crippen molar-refractivity contribution in [2.75, 3.05) is 29.9 Å². The highest BCUT2D eigenvalue weighted by atomic mass is 32.1. The van der Waals surface area contributed by atoms with Gasteiger partial charge in [-0.1, -0.05) is 11.3 Å². The fourth-order valence-electron chi connectivity index (χ4n) is 4.63. The molecule has 1 spiro atoms. The SMILES string of the molecule is O=C1CNCCN1c1cnc(Nc2ncc(-c3ccnc(OC4CCC5(CC4)CC5)n3)s2)nc1. The Bertz CT molecular complexity index is 1170. The Labute approximate surface area is 201 Å². The number of amides is 1. The van der Waals surface area contributed by atoms with Crippen molar-refractivity contribution in [3.63, 3.8) is 0 Å². The smallest absolute Gasteiger partial charge is 0.317 e. The summed E-state index contributed by atoms with van der Waals surface area (Å²) in [6.07, 6.45) is 14.5. The molecule has 10 nitrogen and oxygen atoms in total. The minimum absolute atomic E-state index is 0.0173. The van der Waals surface area contributed by atoms with Crippen LogP contribution in [0.4, 0.5) is 16.8 Å². The number of anilines is 3. The lowest BCUT2D eigenvalue weighted by molar-refractivity contribution is -0.118. The minimum atomic E-state index is 0.0173. The average molecular weight is 479 g/mol. The van der Waals surface area contributed by atoms with E-state index in [1.54, 1.807) is 29.7 Å². The summed E-state index contributed by atoms with van der Waals surface area (Å²) in [7, 11) is 0. The van der Waals surface area contributed by atoms with Crippen molar-refractivity contribution in [3.8, 4) is 16.6 Å². The highest BCUT2D eigenvalue weighted by Crippen LogP contribution is 2.56. The Morgan fingerprint density at radius 1 is 1.09 bits per heavy atom. The van der Waals surface area contributed by atoms with Crippen molar-refractivity contribution in [1.29, 1.82) is 0 Å². The van der Waals surface area contributed by atoms with E-state index < -0.39 is 0 Å². The van der Waals surface area contributed by atoms with Crippen molar-refractivity contribution in [1.82, 2.24) is 30.2 Å². The van der Waals surface area contributed by atoms with Crippen LogP contribution in [0.5, 0.6) is 6.01 Å². The molecule has 0 aromatic carbocycles. The van der Waals surface area contributed by atoms with E-state index in [4.69, 9.17) is 4.74 Å². The van der Waals surface area contributed by atoms with Gasteiger partial charge in [0, 0.05) is 25.5 Å². The van der Waals surface area contributed by atoms with E-state index in [1.165, 1.54) is 37.0 Å². The molecule has 2 N–H and O–H groups in total. The van der Waals surface area contributed by atoms with Gasteiger partial charge >= 0.3 is 6.01 Å². The Morgan fingerprint density at radius 3 is 2.68 bits per heavy atom. The molecule has 3 fully saturated rings. The first-order valence-electron chi connectivity index (χ1n) is 11.7. The van der Waals surface area contributed by atoms with Crippen LogP contribution in [0.25, 0.3) is 10.6 Å². The molecule has 1 saturated heterocycles. The summed E-state index contributed by atoms with van der Waals surface area (Å²) in [5.41, 5.74) is 2.11. The third-order valence-electron chi connectivity index (χ3n) is 6.87. The first-order valence-corrected chi connectivity index (χ1v) is 12.5. The fraction of sp³-hybridized carbons (Fsp3) is 0.478. The van der Waals surface area contributed by atoms with Crippen LogP contribution in [-0.2, 0) is 4.79 Å². The highest BCUT2D eigenvalue weighted by Gasteiger charge is 2.45. The van der Waals surface area contributed by atoms with Crippen LogP contribution in [0.3, 0.4) is 0 Å². The Morgan fingerprint density at radius 2 is 1.91 bits per heavy atom. The molecule has 3 aromatic rings. The molecule has 4 heterocycles.